The van der Waals surface area contributed by atoms with Gasteiger partial charge in [-0.15, -0.1) is 0 Å². The molecule has 3 rings (SSSR count). The molecule has 112 valence electrons. The van der Waals surface area contributed by atoms with Gasteiger partial charge in [0.05, 0.1) is 11.9 Å². The topological polar surface area (TPSA) is 70.8 Å². The number of benzene rings is 1. The molecule has 0 radical (unpaired) electrons. The Bertz CT molecular complexity index is 800. The molecule has 0 spiro atoms. The number of halogens is 1. The minimum atomic E-state index is -2.14. The lowest BCUT2D eigenvalue weighted by molar-refractivity contribution is 0.536. The molecule has 1 unspecified atom stereocenters. The Balaban J connectivity index is 1.94. The fraction of sp³-hybridized carbons (Fsp3) is 0.0667. The monoisotopic (exact) mass is 316 g/mol. The first kappa shape index (κ1) is 14.6. The van der Waals surface area contributed by atoms with Crippen LogP contribution in [-0.4, -0.2) is 23.3 Å². The van der Waals surface area contributed by atoms with Gasteiger partial charge in [-0.05, 0) is 35.9 Å². The van der Waals surface area contributed by atoms with Gasteiger partial charge < -0.3 is 4.55 Å². The maximum atomic E-state index is 13.0. The Morgan fingerprint density at radius 2 is 1.91 bits per heavy atom. The maximum Gasteiger partial charge on any atom is 0.138 e. The lowest BCUT2D eigenvalue weighted by atomic mass is 10.1. The first-order valence-corrected chi connectivity index (χ1v) is 7.67. The summed E-state index contributed by atoms with van der Waals surface area (Å²) in [5, 5.41) is 0. The molecule has 7 heteroatoms. The van der Waals surface area contributed by atoms with Crippen LogP contribution in [0.4, 0.5) is 4.39 Å². The van der Waals surface area contributed by atoms with Crippen molar-refractivity contribution in [3.8, 4) is 17.1 Å². The molecule has 0 aliphatic heterocycles. The minimum absolute atomic E-state index is 0.0674. The van der Waals surface area contributed by atoms with Crippen molar-refractivity contribution in [3.63, 3.8) is 0 Å². The van der Waals surface area contributed by atoms with Gasteiger partial charge in [0.15, 0.2) is 0 Å². The molecule has 2 heterocycles. The SMILES string of the molecule is O=S([O-])Cc1ccc(-n2cncc2-c2ccc(F)cc2)nc1. The third-order valence-corrected chi connectivity index (χ3v) is 3.69. The van der Waals surface area contributed by atoms with E-state index >= 15 is 0 Å². The van der Waals surface area contributed by atoms with E-state index in [1.165, 1.54) is 18.3 Å². The van der Waals surface area contributed by atoms with E-state index in [0.717, 1.165) is 11.3 Å². The van der Waals surface area contributed by atoms with Gasteiger partial charge in [-0.2, -0.15) is 0 Å². The number of imidazole rings is 1. The van der Waals surface area contributed by atoms with Crippen LogP contribution < -0.4 is 0 Å². The molecule has 0 saturated heterocycles. The molecule has 2 aromatic heterocycles. The van der Waals surface area contributed by atoms with Crippen LogP contribution in [0, 0.1) is 5.82 Å². The second-order valence-corrected chi connectivity index (χ2v) is 5.52. The van der Waals surface area contributed by atoms with E-state index in [-0.39, 0.29) is 11.6 Å². The lowest BCUT2D eigenvalue weighted by Crippen LogP contribution is -2.00. The normalized spacial score (nSPS) is 12.3. The zero-order valence-electron chi connectivity index (χ0n) is 11.3. The minimum Gasteiger partial charge on any atom is -0.772 e. The van der Waals surface area contributed by atoms with Gasteiger partial charge in [0.1, 0.15) is 18.0 Å². The van der Waals surface area contributed by atoms with E-state index in [2.05, 4.69) is 9.97 Å². The number of hydrogen-bond acceptors (Lipinski definition) is 4. The maximum absolute atomic E-state index is 13.0. The van der Waals surface area contributed by atoms with Gasteiger partial charge in [0.2, 0.25) is 0 Å². The van der Waals surface area contributed by atoms with Gasteiger partial charge in [-0.3, -0.25) is 8.78 Å². The fourth-order valence-corrected chi connectivity index (χ4v) is 2.54. The number of nitrogens with zero attached hydrogens (tertiary/aromatic N) is 3. The molecule has 3 aromatic rings. The Kier molecular flexibility index (Phi) is 4.08. The van der Waals surface area contributed by atoms with E-state index in [9.17, 15) is 13.2 Å². The molecule has 1 aromatic carbocycles. The largest absolute Gasteiger partial charge is 0.772 e. The van der Waals surface area contributed by atoms with Gasteiger partial charge in [-0.1, -0.05) is 17.1 Å². The highest BCUT2D eigenvalue weighted by Gasteiger charge is 2.08. The molecule has 0 aliphatic carbocycles. The van der Waals surface area contributed by atoms with E-state index in [1.54, 1.807) is 41.4 Å². The van der Waals surface area contributed by atoms with Crippen molar-refractivity contribution in [1.82, 2.24) is 14.5 Å². The predicted molar refractivity (Wildman–Crippen MR) is 79.4 cm³/mol. The fourth-order valence-electron chi connectivity index (χ4n) is 2.09. The van der Waals surface area contributed by atoms with E-state index < -0.39 is 11.1 Å². The summed E-state index contributed by atoms with van der Waals surface area (Å²) < 4.78 is 36.1. The Morgan fingerprint density at radius 1 is 1.14 bits per heavy atom. The highest BCUT2D eigenvalue weighted by atomic mass is 32.2. The summed E-state index contributed by atoms with van der Waals surface area (Å²) in [4.78, 5) is 8.35. The third-order valence-electron chi connectivity index (χ3n) is 3.12. The number of pyridine rings is 1. The summed E-state index contributed by atoms with van der Waals surface area (Å²) in [6, 6.07) is 9.51. The van der Waals surface area contributed by atoms with E-state index in [4.69, 9.17) is 0 Å². The molecule has 0 saturated carbocycles. The van der Waals surface area contributed by atoms with Crippen molar-refractivity contribution in [2.24, 2.45) is 0 Å². The standard InChI is InChI=1S/C15H12FN3O2S/c16-13-4-2-12(3-5-13)14-8-17-10-19(14)15-6-1-11(7-18-15)9-22(20)21/h1-8,10H,9H2,(H,20,21)/p-1. The van der Waals surface area contributed by atoms with Crippen molar-refractivity contribution in [1.29, 1.82) is 0 Å². The Morgan fingerprint density at radius 3 is 2.55 bits per heavy atom. The molecule has 1 atom stereocenters. The van der Waals surface area contributed by atoms with Crippen LogP contribution in [-0.2, 0) is 16.8 Å². The molecule has 0 amide bonds. The first-order valence-electron chi connectivity index (χ1n) is 6.43. The van der Waals surface area contributed by atoms with Crippen LogP contribution in [0.2, 0.25) is 0 Å². The molecule has 0 bridgehead atoms. The van der Waals surface area contributed by atoms with Gasteiger partial charge in [0.25, 0.3) is 0 Å². The highest BCUT2D eigenvalue weighted by molar-refractivity contribution is 7.78. The molecule has 5 nitrogen and oxygen atoms in total. The quantitative estimate of drug-likeness (QED) is 0.693. The number of rotatable bonds is 4. The van der Waals surface area contributed by atoms with Crippen molar-refractivity contribution >= 4 is 11.1 Å². The number of aromatic nitrogens is 3. The summed E-state index contributed by atoms with van der Waals surface area (Å²) in [6.07, 6.45) is 4.78. The average molecular weight is 316 g/mol. The Labute approximate surface area is 128 Å². The van der Waals surface area contributed by atoms with Gasteiger partial charge in [0, 0.05) is 17.5 Å². The van der Waals surface area contributed by atoms with Crippen molar-refractivity contribution in [2.45, 2.75) is 5.75 Å². The highest BCUT2D eigenvalue weighted by Crippen LogP contribution is 2.22. The molecule has 0 N–H and O–H groups in total. The predicted octanol–water partition coefficient (Wildman–Crippen LogP) is 2.45. The molecule has 0 fully saturated rings. The van der Waals surface area contributed by atoms with Gasteiger partial charge in [-0.25, -0.2) is 14.4 Å². The van der Waals surface area contributed by atoms with Crippen LogP contribution in [0.1, 0.15) is 5.56 Å². The van der Waals surface area contributed by atoms with Crippen LogP contribution >= 0.6 is 0 Å². The Hall–Kier alpha value is -2.38. The zero-order valence-corrected chi connectivity index (χ0v) is 12.2. The molecule has 22 heavy (non-hydrogen) atoms. The summed E-state index contributed by atoms with van der Waals surface area (Å²) in [5.74, 6) is 0.238. The molecule has 0 aliphatic rings. The summed E-state index contributed by atoms with van der Waals surface area (Å²) >= 11 is -2.14. The van der Waals surface area contributed by atoms with Crippen LogP contribution in [0.25, 0.3) is 17.1 Å². The first-order chi connectivity index (χ1) is 10.6. The summed E-state index contributed by atoms with van der Waals surface area (Å²) in [7, 11) is 0. The third kappa shape index (κ3) is 3.10. The van der Waals surface area contributed by atoms with Crippen molar-refractivity contribution in [3.05, 3.63) is 66.5 Å². The number of hydrogen-bond donors (Lipinski definition) is 0. The summed E-state index contributed by atoms with van der Waals surface area (Å²) in [6.45, 7) is 0. The van der Waals surface area contributed by atoms with Gasteiger partial charge >= 0.3 is 0 Å². The zero-order chi connectivity index (χ0) is 15.5. The molecular formula is C15H11FN3O2S-. The lowest BCUT2D eigenvalue weighted by Gasteiger charge is -2.09. The van der Waals surface area contributed by atoms with E-state index in [1.807, 2.05) is 0 Å². The van der Waals surface area contributed by atoms with Crippen LogP contribution in [0.15, 0.2) is 55.1 Å². The van der Waals surface area contributed by atoms with E-state index in [0.29, 0.717) is 11.4 Å². The second kappa shape index (κ2) is 6.17. The summed E-state index contributed by atoms with van der Waals surface area (Å²) in [5.41, 5.74) is 2.19. The second-order valence-electron chi connectivity index (χ2n) is 4.63. The van der Waals surface area contributed by atoms with Crippen LogP contribution in [0.3, 0.4) is 0 Å². The smallest absolute Gasteiger partial charge is 0.138 e. The van der Waals surface area contributed by atoms with Crippen molar-refractivity contribution in [2.75, 3.05) is 0 Å². The van der Waals surface area contributed by atoms with Crippen LogP contribution in [0.5, 0.6) is 0 Å². The molecular weight excluding hydrogens is 305 g/mol. The average Bonchev–Trinajstić information content (AvgIpc) is 2.97. The van der Waals surface area contributed by atoms with Crippen molar-refractivity contribution < 1.29 is 13.2 Å².